The second-order valence-corrected chi connectivity index (χ2v) is 5.04. The van der Waals surface area contributed by atoms with E-state index in [9.17, 15) is 4.79 Å². The Balaban J connectivity index is 2.20. The van der Waals surface area contributed by atoms with E-state index in [-0.39, 0.29) is 11.9 Å². The predicted octanol–water partition coefficient (Wildman–Crippen LogP) is 1.63. The number of amides is 1. The Morgan fingerprint density at radius 2 is 2.33 bits per heavy atom. The fraction of sp³-hybridized carbons (Fsp3) is 0.538. The van der Waals surface area contributed by atoms with Gasteiger partial charge in [-0.05, 0) is 31.7 Å². The number of nitrogens with two attached hydrogens (primary N) is 1. The van der Waals surface area contributed by atoms with Gasteiger partial charge < -0.3 is 10.3 Å². The monoisotopic (exact) mass is 248 g/mol. The van der Waals surface area contributed by atoms with Gasteiger partial charge in [-0.3, -0.25) is 15.6 Å². The van der Waals surface area contributed by atoms with Crippen LogP contribution in [-0.4, -0.2) is 28.4 Å². The molecule has 1 aliphatic rings. The van der Waals surface area contributed by atoms with Gasteiger partial charge in [0.25, 0.3) is 5.91 Å². The number of nitrogen functional groups attached to an aromatic ring is 1. The van der Waals surface area contributed by atoms with Crippen LogP contribution in [0.5, 0.6) is 0 Å². The normalized spacial score (nSPS) is 23.8. The Labute approximate surface area is 107 Å². The van der Waals surface area contributed by atoms with E-state index in [1.54, 1.807) is 18.5 Å². The number of hydrazine groups is 1. The standard InChI is InChI=1S/C13H20N4O/c1-9-4-6-17(10(2)7-9)13(18)11-8-15-5-3-12(11)16-14/h3,5,8-10H,4,6-7,14H2,1-2H3,(H,15,16). The largest absolute Gasteiger partial charge is 0.336 e. The number of likely N-dealkylation sites (tertiary alicyclic amines) is 1. The Bertz CT molecular complexity index is 435. The molecule has 1 fully saturated rings. The SMILES string of the molecule is CC1CCN(C(=O)c2cnccc2NN)C(C)C1. The van der Waals surface area contributed by atoms with Gasteiger partial charge in [0.05, 0.1) is 11.3 Å². The first kappa shape index (κ1) is 12.8. The van der Waals surface area contributed by atoms with Gasteiger partial charge in [0.2, 0.25) is 0 Å². The minimum absolute atomic E-state index is 0.00968. The quantitative estimate of drug-likeness (QED) is 0.616. The first-order valence-corrected chi connectivity index (χ1v) is 6.35. The van der Waals surface area contributed by atoms with E-state index in [0.29, 0.717) is 17.2 Å². The number of hydrogen-bond donors (Lipinski definition) is 2. The van der Waals surface area contributed by atoms with Gasteiger partial charge in [0.15, 0.2) is 0 Å². The number of nitrogens with zero attached hydrogens (tertiary/aromatic N) is 2. The summed E-state index contributed by atoms with van der Waals surface area (Å²) in [6, 6.07) is 1.98. The highest BCUT2D eigenvalue weighted by Crippen LogP contribution is 2.25. The second-order valence-electron chi connectivity index (χ2n) is 5.04. The zero-order valence-corrected chi connectivity index (χ0v) is 10.9. The summed E-state index contributed by atoms with van der Waals surface area (Å²) in [6.45, 7) is 5.13. The predicted molar refractivity (Wildman–Crippen MR) is 70.9 cm³/mol. The van der Waals surface area contributed by atoms with Gasteiger partial charge in [0, 0.05) is 25.0 Å². The minimum atomic E-state index is 0.00968. The van der Waals surface area contributed by atoms with Crippen LogP contribution in [0.15, 0.2) is 18.5 Å². The van der Waals surface area contributed by atoms with Crippen molar-refractivity contribution in [3.8, 4) is 0 Å². The van der Waals surface area contributed by atoms with Crippen molar-refractivity contribution in [2.24, 2.45) is 11.8 Å². The number of nitrogens with one attached hydrogen (secondary N) is 1. The summed E-state index contributed by atoms with van der Waals surface area (Å²) in [5, 5.41) is 0. The average Bonchev–Trinajstić information content (AvgIpc) is 2.38. The van der Waals surface area contributed by atoms with Crippen molar-refractivity contribution in [3.63, 3.8) is 0 Å². The maximum Gasteiger partial charge on any atom is 0.257 e. The van der Waals surface area contributed by atoms with Crippen molar-refractivity contribution in [2.45, 2.75) is 32.7 Å². The summed E-state index contributed by atoms with van der Waals surface area (Å²) in [7, 11) is 0. The summed E-state index contributed by atoms with van der Waals surface area (Å²) in [6.07, 6.45) is 5.30. The summed E-state index contributed by atoms with van der Waals surface area (Å²) in [5.41, 5.74) is 3.72. The van der Waals surface area contributed by atoms with E-state index in [4.69, 9.17) is 5.84 Å². The second kappa shape index (κ2) is 5.35. The molecule has 2 rings (SSSR count). The molecule has 2 heterocycles. The lowest BCUT2D eigenvalue weighted by Crippen LogP contribution is -2.44. The van der Waals surface area contributed by atoms with Crippen molar-refractivity contribution in [2.75, 3.05) is 12.0 Å². The zero-order valence-electron chi connectivity index (χ0n) is 10.9. The molecular weight excluding hydrogens is 228 g/mol. The third-order valence-electron chi connectivity index (χ3n) is 3.61. The topological polar surface area (TPSA) is 71.2 Å². The fourth-order valence-corrected chi connectivity index (χ4v) is 2.55. The summed E-state index contributed by atoms with van der Waals surface area (Å²) < 4.78 is 0. The molecule has 1 aromatic heterocycles. The molecule has 1 amide bonds. The van der Waals surface area contributed by atoms with Crippen LogP contribution in [0.1, 0.15) is 37.0 Å². The molecule has 0 saturated carbocycles. The third kappa shape index (κ3) is 2.46. The molecule has 1 saturated heterocycles. The van der Waals surface area contributed by atoms with Crippen LogP contribution in [0.2, 0.25) is 0 Å². The Kier molecular flexibility index (Phi) is 3.81. The van der Waals surface area contributed by atoms with Crippen LogP contribution in [0.4, 0.5) is 5.69 Å². The van der Waals surface area contributed by atoms with Crippen molar-refractivity contribution in [1.29, 1.82) is 0 Å². The fourth-order valence-electron chi connectivity index (χ4n) is 2.55. The van der Waals surface area contributed by atoms with Gasteiger partial charge in [-0.1, -0.05) is 6.92 Å². The highest BCUT2D eigenvalue weighted by molar-refractivity contribution is 5.99. The molecule has 2 unspecified atom stereocenters. The van der Waals surface area contributed by atoms with Gasteiger partial charge in [-0.25, -0.2) is 0 Å². The van der Waals surface area contributed by atoms with Crippen molar-refractivity contribution in [3.05, 3.63) is 24.0 Å². The lowest BCUT2D eigenvalue weighted by Gasteiger charge is -2.36. The third-order valence-corrected chi connectivity index (χ3v) is 3.61. The van der Waals surface area contributed by atoms with Crippen LogP contribution in [0.3, 0.4) is 0 Å². The number of aromatic nitrogens is 1. The lowest BCUT2D eigenvalue weighted by molar-refractivity contribution is 0.0589. The molecular formula is C13H20N4O. The maximum atomic E-state index is 12.5. The van der Waals surface area contributed by atoms with Crippen LogP contribution < -0.4 is 11.3 Å². The van der Waals surface area contributed by atoms with Crippen molar-refractivity contribution in [1.82, 2.24) is 9.88 Å². The smallest absolute Gasteiger partial charge is 0.257 e. The number of piperidine rings is 1. The van der Waals surface area contributed by atoms with E-state index in [1.165, 1.54) is 0 Å². The molecule has 0 spiro atoms. The van der Waals surface area contributed by atoms with Gasteiger partial charge >= 0.3 is 0 Å². The molecule has 5 nitrogen and oxygen atoms in total. The highest BCUT2D eigenvalue weighted by atomic mass is 16.2. The first-order valence-electron chi connectivity index (χ1n) is 6.35. The molecule has 0 aliphatic carbocycles. The number of hydrogen-bond acceptors (Lipinski definition) is 4. The van der Waals surface area contributed by atoms with Crippen molar-refractivity contribution >= 4 is 11.6 Å². The molecule has 3 N–H and O–H groups in total. The molecule has 5 heteroatoms. The van der Waals surface area contributed by atoms with Crippen LogP contribution >= 0.6 is 0 Å². The average molecular weight is 248 g/mol. The summed E-state index contributed by atoms with van der Waals surface area (Å²) in [5.74, 6) is 6.12. The number of anilines is 1. The highest BCUT2D eigenvalue weighted by Gasteiger charge is 2.28. The van der Waals surface area contributed by atoms with Crippen LogP contribution in [0, 0.1) is 5.92 Å². The molecule has 18 heavy (non-hydrogen) atoms. The maximum absolute atomic E-state index is 12.5. The molecule has 1 aromatic rings. The van der Waals surface area contributed by atoms with E-state index in [0.717, 1.165) is 19.4 Å². The van der Waals surface area contributed by atoms with E-state index in [2.05, 4.69) is 24.3 Å². The van der Waals surface area contributed by atoms with Crippen LogP contribution in [-0.2, 0) is 0 Å². The molecule has 98 valence electrons. The lowest BCUT2D eigenvalue weighted by atomic mass is 9.93. The molecule has 0 radical (unpaired) electrons. The minimum Gasteiger partial charge on any atom is -0.336 e. The van der Waals surface area contributed by atoms with E-state index in [1.807, 2.05) is 4.90 Å². The van der Waals surface area contributed by atoms with Gasteiger partial charge in [0.1, 0.15) is 0 Å². The summed E-state index contributed by atoms with van der Waals surface area (Å²) >= 11 is 0. The Hall–Kier alpha value is -1.62. The molecule has 2 atom stereocenters. The number of carbonyl (C=O) groups excluding carboxylic acids is 1. The number of pyridine rings is 1. The van der Waals surface area contributed by atoms with Crippen LogP contribution in [0.25, 0.3) is 0 Å². The Morgan fingerprint density at radius 3 is 3.00 bits per heavy atom. The van der Waals surface area contributed by atoms with Gasteiger partial charge in [-0.2, -0.15) is 0 Å². The number of carbonyl (C=O) groups is 1. The van der Waals surface area contributed by atoms with E-state index >= 15 is 0 Å². The summed E-state index contributed by atoms with van der Waals surface area (Å²) in [4.78, 5) is 18.4. The molecule has 0 aromatic carbocycles. The van der Waals surface area contributed by atoms with Gasteiger partial charge in [-0.15, -0.1) is 0 Å². The molecule has 0 bridgehead atoms. The van der Waals surface area contributed by atoms with Crippen molar-refractivity contribution < 1.29 is 4.79 Å². The van der Waals surface area contributed by atoms with E-state index < -0.39 is 0 Å². The molecule has 1 aliphatic heterocycles. The number of rotatable bonds is 2. The zero-order chi connectivity index (χ0) is 13.1. The Morgan fingerprint density at radius 1 is 1.56 bits per heavy atom. The first-order chi connectivity index (χ1) is 8.63.